The predicted octanol–water partition coefficient (Wildman–Crippen LogP) is 1.78. The molecule has 0 aromatic carbocycles. The Morgan fingerprint density at radius 3 is 2.92 bits per heavy atom. The molecule has 0 radical (unpaired) electrons. The molecule has 1 aliphatic carbocycles. The second kappa shape index (κ2) is 4.11. The van der Waals surface area contributed by atoms with Crippen LogP contribution in [0.4, 0.5) is 0 Å². The van der Waals surface area contributed by atoms with Crippen molar-refractivity contribution in [2.75, 3.05) is 14.2 Å². The summed E-state index contributed by atoms with van der Waals surface area (Å²) in [6.07, 6.45) is 6.63. The number of ether oxygens (including phenoxy) is 2. The lowest BCUT2D eigenvalue weighted by Gasteiger charge is -2.29. The Balaban J connectivity index is 2.77. The maximum absolute atomic E-state index is 8.65. The Morgan fingerprint density at radius 2 is 2.38 bits per heavy atom. The first-order chi connectivity index (χ1) is 6.26. The first-order valence-corrected chi connectivity index (χ1v) is 4.11. The zero-order valence-corrected chi connectivity index (χ0v) is 7.91. The number of nitriles is 1. The van der Waals surface area contributed by atoms with Crippen molar-refractivity contribution in [1.29, 1.82) is 5.26 Å². The number of hydrogen-bond donors (Lipinski definition) is 0. The molecule has 0 saturated carbocycles. The van der Waals surface area contributed by atoms with Crippen LogP contribution in [0.25, 0.3) is 0 Å². The van der Waals surface area contributed by atoms with Gasteiger partial charge in [-0.25, -0.2) is 0 Å². The smallest absolute Gasteiger partial charge is 0.106 e. The molecule has 3 nitrogen and oxygen atoms in total. The van der Waals surface area contributed by atoms with Crippen molar-refractivity contribution in [3.05, 3.63) is 24.0 Å². The molecule has 0 saturated heterocycles. The molecule has 1 aliphatic rings. The second-order valence-corrected chi connectivity index (χ2v) is 2.98. The van der Waals surface area contributed by atoms with Crippen molar-refractivity contribution < 1.29 is 9.47 Å². The van der Waals surface area contributed by atoms with Crippen LogP contribution in [0.2, 0.25) is 0 Å². The molecule has 0 aliphatic heterocycles. The van der Waals surface area contributed by atoms with Gasteiger partial charge in [-0.05, 0) is 6.08 Å². The van der Waals surface area contributed by atoms with E-state index >= 15 is 0 Å². The SMILES string of the molecule is COC1=CC=CC(CC#N)(OC)C1. The topological polar surface area (TPSA) is 42.2 Å². The second-order valence-electron chi connectivity index (χ2n) is 2.98. The summed E-state index contributed by atoms with van der Waals surface area (Å²) in [7, 11) is 3.23. The van der Waals surface area contributed by atoms with E-state index in [1.54, 1.807) is 14.2 Å². The van der Waals surface area contributed by atoms with Gasteiger partial charge < -0.3 is 9.47 Å². The van der Waals surface area contributed by atoms with E-state index < -0.39 is 5.60 Å². The standard InChI is InChI=1S/C10H13NO2/c1-12-9-4-3-5-10(8-9,13-2)6-7-11/h3-5H,6,8H2,1-2H3. The summed E-state index contributed by atoms with van der Waals surface area (Å²) in [4.78, 5) is 0. The molecule has 13 heavy (non-hydrogen) atoms. The highest BCUT2D eigenvalue weighted by molar-refractivity contribution is 5.23. The molecule has 1 unspecified atom stereocenters. The van der Waals surface area contributed by atoms with Crippen LogP contribution in [0.15, 0.2) is 24.0 Å². The van der Waals surface area contributed by atoms with Gasteiger partial charge in [-0.2, -0.15) is 5.26 Å². The van der Waals surface area contributed by atoms with Crippen LogP contribution in [-0.4, -0.2) is 19.8 Å². The molecule has 0 fully saturated rings. The lowest BCUT2D eigenvalue weighted by Crippen LogP contribution is -2.30. The Bertz CT molecular complexity index is 275. The molecule has 70 valence electrons. The van der Waals surface area contributed by atoms with E-state index in [-0.39, 0.29) is 0 Å². The molecule has 0 N–H and O–H groups in total. The highest BCUT2D eigenvalue weighted by Gasteiger charge is 2.30. The number of hydrogen-bond acceptors (Lipinski definition) is 3. The Hall–Kier alpha value is -1.27. The number of allylic oxidation sites excluding steroid dienone is 2. The fourth-order valence-corrected chi connectivity index (χ4v) is 1.35. The minimum Gasteiger partial charge on any atom is -0.501 e. The average molecular weight is 179 g/mol. The summed E-state index contributed by atoms with van der Waals surface area (Å²) in [6, 6.07) is 2.11. The molecule has 0 aromatic rings. The Labute approximate surface area is 78.3 Å². The summed E-state index contributed by atoms with van der Waals surface area (Å²) in [5.74, 6) is 0.847. The van der Waals surface area contributed by atoms with Crippen LogP contribution >= 0.6 is 0 Å². The third-order valence-corrected chi connectivity index (χ3v) is 2.20. The van der Waals surface area contributed by atoms with Crippen LogP contribution in [0, 0.1) is 11.3 Å². The molecular weight excluding hydrogens is 166 g/mol. The van der Waals surface area contributed by atoms with Crippen molar-refractivity contribution in [3.8, 4) is 6.07 Å². The van der Waals surface area contributed by atoms with Gasteiger partial charge in [-0.3, -0.25) is 0 Å². The van der Waals surface area contributed by atoms with E-state index in [4.69, 9.17) is 14.7 Å². The summed E-state index contributed by atoms with van der Waals surface area (Å²) < 4.78 is 10.4. The van der Waals surface area contributed by atoms with Gasteiger partial charge in [0, 0.05) is 13.5 Å². The first kappa shape index (κ1) is 9.82. The summed E-state index contributed by atoms with van der Waals surface area (Å²) in [5, 5.41) is 8.65. The van der Waals surface area contributed by atoms with E-state index in [9.17, 15) is 0 Å². The molecule has 0 amide bonds. The van der Waals surface area contributed by atoms with Crippen molar-refractivity contribution >= 4 is 0 Å². The van der Waals surface area contributed by atoms with Gasteiger partial charge in [0.2, 0.25) is 0 Å². The van der Waals surface area contributed by atoms with Crippen molar-refractivity contribution in [3.63, 3.8) is 0 Å². The zero-order chi connectivity index (χ0) is 9.73. The van der Waals surface area contributed by atoms with Gasteiger partial charge in [0.15, 0.2) is 0 Å². The number of methoxy groups -OCH3 is 2. The van der Waals surface area contributed by atoms with E-state index in [0.29, 0.717) is 12.8 Å². The van der Waals surface area contributed by atoms with Gasteiger partial charge in [0.05, 0.1) is 25.4 Å². The van der Waals surface area contributed by atoms with E-state index in [1.807, 2.05) is 18.2 Å². The number of rotatable bonds is 3. The highest BCUT2D eigenvalue weighted by Crippen LogP contribution is 2.29. The summed E-state index contributed by atoms with van der Waals surface area (Å²) in [6.45, 7) is 0. The molecule has 3 heteroatoms. The van der Waals surface area contributed by atoms with Crippen molar-refractivity contribution in [2.24, 2.45) is 0 Å². The van der Waals surface area contributed by atoms with Gasteiger partial charge >= 0.3 is 0 Å². The molecule has 1 rings (SSSR count). The molecule has 0 spiro atoms. The van der Waals surface area contributed by atoms with Crippen molar-refractivity contribution in [1.82, 2.24) is 0 Å². The zero-order valence-electron chi connectivity index (χ0n) is 7.91. The maximum atomic E-state index is 8.65. The first-order valence-electron chi connectivity index (χ1n) is 4.11. The van der Waals surface area contributed by atoms with E-state index in [1.165, 1.54) is 0 Å². The van der Waals surface area contributed by atoms with Crippen LogP contribution in [0.1, 0.15) is 12.8 Å². The van der Waals surface area contributed by atoms with Crippen LogP contribution < -0.4 is 0 Å². The maximum Gasteiger partial charge on any atom is 0.106 e. The fourth-order valence-electron chi connectivity index (χ4n) is 1.35. The normalized spacial score (nSPS) is 26.4. The molecule has 0 bridgehead atoms. The van der Waals surface area contributed by atoms with Crippen LogP contribution in [0.5, 0.6) is 0 Å². The minimum absolute atomic E-state index is 0.348. The summed E-state index contributed by atoms with van der Waals surface area (Å²) >= 11 is 0. The molecule has 0 heterocycles. The van der Waals surface area contributed by atoms with E-state index in [2.05, 4.69) is 6.07 Å². The predicted molar refractivity (Wildman–Crippen MR) is 48.8 cm³/mol. The minimum atomic E-state index is -0.491. The third-order valence-electron chi connectivity index (χ3n) is 2.20. The Kier molecular flexibility index (Phi) is 3.10. The van der Waals surface area contributed by atoms with Gasteiger partial charge in [-0.15, -0.1) is 0 Å². The quantitative estimate of drug-likeness (QED) is 0.663. The van der Waals surface area contributed by atoms with Gasteiger partial charge in [0.1, 0.15) is 5.60 Å². The Morgan fingerprint density at radius 1 is 1.62 bits per heavy atom. The van der Waals surface area contributed by atoms with E-state index in [0.717, 1.165) is 5.76 Å². The van der Waals surface area contributed by atoms with Gasteiger partial charge in [0.25, 0.3) is 0 Å². The lowest BCUT2D eigenvalue weighted by molar-refractivity contribution is 0.0237. The molecule has 1 atom stereocenters. The third kappa shape index (κ3) is 2.10. The average Bonchev–Trinajstić information content (AvgIpc) is 2.19. The van der Waals surface area contributed by atoms with Crippen LogP contribution in [-0.2, 0) is 9.47 Å². The molecular formula is C10H13NO2. The van der Waals surface area contributed by atoms with Crippen molar-refractivity contribution in [2.45, 2.75) is 18.4 Å². The van der Waals surface area contributed by atoms with Gasteiger partial charge in [-0.1, -0.05) is 12.2 Å². The number of nitrogens with zero attached hydrogens (tertiary/aromatic N) is 1. The van der Waals surface area contributed by atoms with Crippen LogP contribution in [0.3, 0.4) is 0 Å². The largest absolute Gasteiger partial charge is 0.501 e. The molecule has 0 aromatic heterocycles. The summed E-state index contributed by atoms with van der Waals surface area (Å²) in [5.41, 5.74) is -0.491. The highest BCUT2D eigenvalue weighted by atomic mass is 16.5. The fraction of sp³-hybridized carbons (Fsp3) is 0.500. The lowest BCUT2D eigenvalue weighted by atomic mass is 9.91. The monoisotopic (exact) mass is 179 g/mol.